The standard InChI is InChI=1S/C16H20N8/c1-12(2)23(9-13-7-5-4-6-8-13)15-20-14(17-3)21-16(22-15)24-11-18-10-19-24/h4-8,10-12H,9H2,1-3H3,(H,17,20,21,22). The molecule has 1 N–H and O–H groups in total. The molecule has 0 aliphatic carbocycles. The van der Waals surface area contributed by atoms with Crippen LogP contribution in [0.5, 0.6) is 0 Å². The molecule has 2 aromatic heterocycles. The molecule has 2 heterocycles. The van der Waals surface area contributed by atoms with Gasteiger partial charge < -0.3 is 10.2 Å². The third kappa shape index (κ3) is 3.48. The van der Waals surface area contributed by atoms with E-state index in [9.17, 15) is 0 Å². The van der Waals surface area contributed by atoms with Crippen molar-refractivity contribution in [3.8, 4) is 5.95 Å². The van der Waals surface area contributed by atoms with Crippen LogP contribution in [-0.4, -0.2) is 42.8 Å². The van der Waals surface area contributed by atoms with E-state index in [2.05, 4.69) is 61.2 Å². The Morgan fingerprint density at radius 3 is 2.54 bits per heavy atom. The predicted octanol–water partition coefficient (Wildman–Crippen LogP) is 1.91. The fourth-order valence-electron chi connectivity index (χ4n) is 2.27. The Morgan fingerprint density at radius 1 is 1.12 bits per heavy atom. The van der Waals surface area contributed by atoms with Crippen LogP contribution in [0.2, 0.25) is 0 Å². The van der Waals surface area contributed by atoms with E-state index in [1.54, 1.807) is 13.4 Å². The van der Waals surface area contributed by atoms with Crippen molar-refractivity contribution in [3.05, 3.63) is 48.5 Å². The lowest BCUT2D eigenvalue weighted by atomic mass is 10.2. The van der Waals surface area contributed by atoms with Crippen molar-refractivity contribution < 1.29 is 0 Å². The van der Waals surface area contributed by atoms with E-state index in [-0.39, 0.29) is 6.04 Å². The molecule has 0 bridgehead atoms. The smallest absolute Gasteiger partial charge is 0.258 e. The van der Waals surface area contributed by atoms with Gasteiger partial charge in [-0.2, -0.15) is 24.7 Å². The topological polar surface area (TPSA) is 84.7 Å². The van der Waals surface area contributed by atoms with Crippen LogP contribution in [0, 0.1) is 0 Å². The van der Waals surface area contributed by atoms with Crippen LogP contribution in [0.3, 0.4) is 0 Å². The summed E-state index contributed by atoms with van der Waals surface area (Å²) in [7, 11) is 1.78. The summed E-state index contributed by atoms with van der Waals surface area (Å²) in [6.45, 7) is 4.93. The van der Waals surface area contributed by atoms with Crippen molar-refractivity contribution in [2.45, 2.75) is 26.4 Å². The van der Waals surface area contributed by atoms with Gasteiger partial charge in [-0.1, -0.05) is 30.3 Å². The number of nitrogens with one attached hydrogen (secondary N) is 1. The second kappa shape index (κ2) is 7.03. The lowest BCUT2D eigenvalue weighted by Gasteiger charge is -2.27. The Morgan fingerprint density at radius 2 is 1.92 bits per heavy atom. The molecule has 0 atom stereocenters. The highest BCUT2D eigenvalue weighted by Crippen LogP contribution is 2.18. The van der Waals surface area contributed by atoms with Gasteiger partial charge in [-0.05, 0) is 19.4 Å². The molecule has 0 saturated heterocycles. The highest BCUT2D eigenvalue weighted by atomic mass is 15.4. The summed E-state index contributed by atoms with van der Waals surface area (Å²) in [6, 6.07) is 10.5. The first-order chi connectivity index (χ1) is 11.7. The second-order valence-electron chi connectivity index (χ2n) is 5.56. The van der Waals surface area contributed by atoms with E-state index in [1.165, 1.54) is 16.6 Å². The lowest BCUT2D eigenvalue weighted by molar-refractivity contribution is 0.652. The molecule has 8 nitrogen and oxygen atoms in total. The van der Waals surface area contributed by atoms with Crippen molar-refractivity contribution >= 4 is 11.9 Å². The number of nitrogens with zero attached hydrogens (tertiary/aromatic N) is 7. The molecule has 3 rings (SSSR count). The highest BCUT2D eigenvalue weighted by Gasteiger charge is 2.17. The average molecular weight is 324 g/mol. The minimum atomic E-state index is 0.223. The van der Waals surface area contributed by atoms with Crippen LogP contribution in [0.25, 0.3) is 5.95 Å². The molecular weight excluding hydrogens is 304 g/mol. The van der Waals surface area contributed by atoms with Gasteiger partial charge in [0.1, 0.15) is 12.7 Å². The number of hydrogen-bond acceptors (Lipinski definition) is 7. The van der Waals surface area contributed by atoms with Crippen LogP contribution in [0.4, 0.5) is 11.9 Å². The maximum atomic E-state index is 4.57. The van der Waals surface area contributed by atoms with Gasteiger partial charge in [0.25, 0.3) is 5.95 Å². The van der Waals surface area contributed by atoms with Crippen molar-refractivity contribution in [1.82, 2.24) is 29.7 Å². The van der Waals surface area contributed by atoms with Crippen LogP contribution in [0.1, 0.15) is 19.4 Å². The maximum Gasteiger partial charge on any atom is 0.258 e. The molecule has 0 aliphatic rings. The third-order valence-electron chi connectivity index (χ3n) is 3.54. The largest absolute Gasteiger partial charge is 0.357 e. The number of anilines is 2. The maximum absolute atomic E-state index is 4.57. The van der Waals surface area contributed by atoms with Gasteiger partial charge in [0, 0.05) is 19.6 Å². The fourth-order valence-corrected chi connectivity index (χ4v) is 2.27. The van der Waals surface area contributed by atoms with E-state index < -0.39 is 0 Å². The van der Waals surface area contributed by atoms with E-state index in [4.69, 9.17) is 0 Å². The Bertz CT molecular complexity index is 770. The number of hydrogen-bond donors (Lipinski definition) is 1. The van der Waals surface area contributed by atoms with Gasteiger partial charge in [0.05, 0.1) is 0 Å². The molecule has 0 saturated carbocycles. The average Bonchev–Trinajstić information content (AvgIpc) is 3.14. The molecule has 1 aromatic carbocycles. The second-order valence-corrected chi connectivity index (χ2v) is 5.56. The van der Waals surface area contributed by atoms with E-state index >= 15 is 0 Å². The first-order valence-corrected chi connectivity index (χ1v) is 7.77. The van der Waals surface area contributed by atoms with Crippen LogP contribution in [0.15, 0.2) is 43.0 Å². The highest BCUT2D eigenvalue weighted by molar-refractivity contribution is 5.41. The molecule has 0 aliphatic heterocycles. The zero-order valence-corrected chi connectivity index (χ0v) is 14.0. The Labute approximate surface area is 140 Å². The van der Waals surface area contributed by atoms with E-state index in [0.717, 1.165) is 0 Å². The minimum Gasteiger partial charge on any atom is -0.357 e. The van der Waals surface area contributed by atoms with Gasteiger partial charge in [-0.25, -0.2) is 4.98 Å². The monoisotopic (exact) mass is 324 g/mol. The summed E-state index contributed by atoms with van der Waals surface area (Å²) >= 11 is 0. The molecule has 124 valence electrons. The number of aromatic nitrogens is 6. The van der Waals surface area contributed by atoms with Gasteiger partial charge in [-0.15, -0.1) is 0 Å². The molecular formula is C16H20N8. The summed E-state index contributed by atoms with van der Waals surface area (Å²) in [5.41, 5.74) is 1.19. The van der Waals surface area contributed by atoms with Crippen molar-refractivity contribution in [2.75, 3.05) is 17.3 Å². The predicted molar refractivity (Wildman–Crippen MR) is 92.1 cm³/mol. The Kier molecular flexibility index (Phi) is 4.64. The van der Waals surface area contributed by atoms with Gasteiger partial charge in [0.2, 0.25) is 11.9 Å². The first kappa shape index (κ1) is 15.9. The summed E-state index contributed by atoms with van der Waals surface area (Å²) in [5.74, 6) is 1.52. The molecule has 0 radical (unpaired) electrons. The Balaban J connectivity index is 1.99. The fraction of sp³-hybridized carbons (Fsp3) is 0.312. The normalized spacial score (nSPS) is 10.8. The quantitative estimate of drug-likeness (QED) is 0.741. The molecule has 0 fully saturated rings. The lowest BCUT2D eigenvalue weighted by Crippen LogP contribution is -2.32. The zero-order valence-electron chi connectivity index (χ0n) is 14.0. The number of rotatable bonds is 6. The summed E-state index contributed by atoms with van der Waals surface area (Å²) in [4.78, 5) is 19.5. The minimum absolute atomic E-state index is 0.223. The van der Waals surface area contributed by atoms with E-state index in [0.29, 0.717) is 24.4 Å². The van der Waals surface area contributed by atoms with Crippen molar-refractivity contribution in [1.29, 1.82) is 0 Å². The van der Waals surface area contributed by atoms with Gasteiger partial charge in [-0.3, -0.25) is 0 Å². The Hall–Kier alpha value is -3.03. The number of benzene rings is 1. The van der Waals surface area contributed by atoms with Gasteiger partial charge >= 0.3 is 0 Å². The summed E-state index contributed by atoms with van der Waals surface area (Å²) in [6.07, 6.45) is 3.02. The molecule has 8 heteroatoms. The van der Waals surface area contributed by atoms with Crippen LogP contribution < -0.4 is 10.2 Å². The van der Waals surface area contributed by atoms with Crippen molar-refractivity contribution in [2.24, 2.45) is 0 Å². The molecule has 0 spiro atoms. The molecule has 0 amide bonds. The third-order valence-corrected chi connectivity index (χ3v) is 3.54. The van der Waals surface area contributed by atoms with Crippen molar-refractivity contribution in [3.63, 3.8) is 0 Å². The van der Waals surface area contributed by atoms with E-state index in [1.807, 2.05) is 18.2 Å². The van der Waals surface area contributed by atoms with Crippen LogP contribution >= 0.6 is 0 Å². The summed E-state index contributed by atoms with van der Waals surface area (Å²) < 4.78 is 1.52. The molecule has 3 aromatic rings. The first-order valence-electron chi connectivity index (χ1n) is 7.77. The van der Waals surface area contributed by atoms with Crippen LogP contribution in [-0.2, 0) is 6.54 Å². The molecule has 24 heavy (non-hydrogen) atoms. The van der Waals surface area contributed by atoms with Gasteiger partial charge in [0.15, 0.2) is 0 Å². The SMILES string of the molecule is CNc1nc(N(Cc2ccccc2)C(C)C)nc(-n2cncn2)n1. The summed E-state index contributed by atoms with van der Waals surface area (Å²) in [5, 5.41) is 7.07. The zero-order chi connectivity index (χ0) is 16.9. The molecule has 0 unspecified atom stereocenters.